The number of hydrogen-bond acceptors (Lipinski definition) is 3. The first-order valence-electron chi connectivity index (χ1n) is 8.83. The molecule has 1 amide bonds. The van der Waals surface area contributed by atoms with Gasteiger partial charge in [-0.1, -0.05) is 53.7 Å². The highest BCUT2D eigenvalue weighted by molar-refractivity contribution is 5.94. The topological polar surface area (TPSA) is 59.8 Å². The first-order valence-corrected chi connectivity index (χ1v) is 8.83. The van der Waals surface area contributed by atoms with Crippen LogP contribution in [-0.4, -0.2) is 20.9 Å². The molecule has 2 atom stereocenters. The summed E-state index contributed by atoms with van der Waals surface area (Å²) >= 11 is 0. The number of benzene rings is 2. The highest BCUT2D eigenvalue weighted by Crippen LogP contribution is 2.51. The molecule has 8 heteroatoms. The third-order valence-corrected chi connectivity index (χ3v) is 4.77. The van der Waals surface area contributed by atoms with Crippen molar-refractivity contribution in [3.8, 4) is 0 Å². The summed E-state index contributed by atoms with van der Waals surface area (Å²) in [5.74, 6) is -0.982. The number of halogens is 3. The van der Waals surface area contributed by atoms with E-state index in [4.69, 9.17) is 0 Å². The highest BCUT2D eigenvalue weighted by atomic mass is 19.4. The number of nitrogens with zero attached hydrogens (tertiary/aromatic N) is 3. The molecule has 0 aliphatic heterocycles. The monoisotopic (exact) mass is 386 g/mol. The SMILES string of the molecule is O=C(Nc1cn(Cc2ccccc2)nn1)C1CC1c1ccccc1C(F)(F)F. The van der Waals surface area contributed by atoms with Crippen LogP contribution < -0.4 is 5.32 Å². The van der Waals surface area contributed by atoms with E-state index in [1.165, 1.54) is 12.1 Å². The second kappa shape index (κ2) is 7.10. The maximum atomic E-state index is 13.2. The minimum Gasteiger partial charge on any atom is -0.308 e. The van der Waals surface area contributed by atoms with Crippen LogP contribution in [0.1, 0.15) is 29.0 Å². The maximum absolute atomic E-state index is 13.2. The third-order valence-electron chi connectivity index (χ3n) is 4.77. The highest BCUT2D eigenvalue weighted by Gasteiger charge is 2.47. The smallest absolute Gasteiger partial charge is 0.308 e. The Morgan fingerprint density at radius 1 is 1.11 bits per heavy atom. The third kappa shape index (κ3) is 3.90. The molecule has 1 fully saturated rings. The lowest BCUT2D eigenvalue weighted by atomic mass is 10.0. The number of aromatic nitrogens is 3. The lowest BCUT2D eigenvalue weighted by molar-refractivity contribution is -0.138. The summed E-state index contributed by atoms with van der Waals surface area (Å²) in [7, 11) is 0. The average Bonchev–Trinajstić information content (AvgIpc) is 3.36. The van der Waals surface area contributed by atoms with Crippen molar-refractivity contribution in [2.24, 2.45) is 5.92 Å². The van der Waals surface area contributed by atoms with Crippen molar-refractivity contribution in [2.75, 3.05) is 5.32 Å². The maximum Gasteiger partial charge on any atom is 0.416 e. The molecule has 1 aliphatic carbocycles. The van der Waals surface area contributed by atoms with E-state index in [1.54, 1.807) is 16.9 Å². The van der Waals surface area contributed by atoms with Crippen LogP contribution in [0, 0.1) is 5.92 Å². The fourth-order valence-corrected chi connectivity index (χ4v) is 3.33. The van der Waals surface area contributed by atoms with Gasteiger partial charge in [0.15, 0.2) is 5.82 Å². The Hall–Kier alpha value is -3.16. The normalized spacial score (nSPS) is 18.7. The quantitative estimate of drug-likeness (QED) is 0.719. The molecule has 1 aliphatic rings. The molecule has 144 valence electrons. The molecule has 1 N–H and O–H groups in total. The van der Waals surface area contributed by atoms with E-state index in [-0.39, 0.29) is 17.3 Å². The lowest BCUT2D eigenvalue weighted by Crippen LogP contribution is -2.16. The van der Waals surface area contributed by atoms with Gasteiger partial charge in [-0.3, -0.25) is 4.79 Å². The molecule has 1 saturated carbocycles. The molecule has 3 aromatic rings. The number of rotatable bonds is 5. The van der Waals surface area contributed by atoms with Crippen LogP contribution in [0.4, 0.5) is 19.0 Å². The second-order valence-corrected chi connectivity index (χ2v) is 6.81. The number of carbonyl (C=O) groups excluding carboxylic acids is 1. The summed E-state index contributed by atoms with van der Waals surface area (Å²) in [6.07, 6.45) is -2.44. The summed E-state index contributed by atoms with van der Waals surface area (Å²) in [6.45, 7) is 0.509. The van der Waals surface area contributed by atoms with Crippen LogP contribution in [0.5, 0.6) is 0 Å². The molecule has 0 spiro atoms. The zero-order valence-electron chi connectivity index (χ0n) is 14.7. The molecule has 0 radical (unpaired) electrons. The predicted molar refractivity (Wildman–Crippen MR) is 96.5 cm³/mol. The van der Waals surface area contributed by atoms with Gasteiger partial charge in [0.2, 0.25) is 5.91 Å². The number of hydrogen-bond donors (Lipinski definition) is 1. The Kier molecular flexibility index (Phi) is 4.62. The number of alkyl halides is 3. The van der Waals surface area contributed by atoms with Crippen LogP contribution in [0.25, 0.3) is 0 Å². The zero-order valence-corrected chi connectivity index (χ0v) is 14.7. The van der Waals surface area contributed by atoms with Gasteiger partial charge in [0.25, 0.3) is 0 Å². The van der Waals surface area contributed by atoms with Gasteiger partial charge in [0, 0.05) is 5.92 Å². The van der Waals surface area contributed by atoms with Crippen LogP contribution in [0.2, 0.25) is 0 Å². The zero-order chi connectivity index (χ0) is 19.7. The molecule has 4 rings (SSSR count). The van der Waals surface area contributed by atoms with Crippen molar-refractivity contribution in [2.45, 2.75) is 25.1 Å². The number of carbonyl (C=O) groups is 1. The van der Waals surface area contributed by atoms with Gasteiger partial charge in [0.1, 0.15) is 0 Å². The Balaban J connectivity index is 1.40. The molecule has 0 saturated heterocycles. The first kappa shape index (κ1) is 18.2. The van der Waals surface area contributed by atoms with Gasteiger partial charge in [-0.15, -0.1) is 5.10 Å². The molecule has 1 heterocycles. The lowest BCUT2D eigenvalue weighted by Gasteiger charge is -2.12. The molecular weight excluding hydrogens is 369 g/mol. The summed E-state index contributed by atoms with van der Waals surface area (Å²) in [4.78, 5) is 12.4. The van der Waals surface area contributed by atoms with Crippen molar-refractivity contribution in [1.82, 2.24) is 15.0 Å². The largest absolute Gasteiger partial charge is 0.416 e. The first-order chi connectivity index (χ1) is 13.4. The van der Waals surface area contributed by atoms with Crippen molar-refractivity contribution in [3.05, 3.63) is 77.5 Å². The minimum absolute atomic E-state index is 0.169. The van der Waals surface area contributed by atoms with Crippen molar-refractivity contribution in [1.29, 1.82) is 0 Å². The van der Waals surface area contributed by atoms with Gasteiger partial charge in [-0.2, -0.15) is 13.2 Å². The molecule has 0 bridgehead atoms. The Labute approximate surface area is 159 Å². The molecule has 5 nitrogen and oxygen atoms in total. The molecule has 28 heavy (non-hydrogen) atoms. The molecule has 2 aromatic carbocycles. The van der Waals surface area contributed by atoms with Crippen LogP contribution in [-0.2, 0) is 17.5 Å². The van der Waals surface area contributed by atoms with Crippen molar-refractivity contribution in [3.63, 3.8) is 0 Å². The predicted octanol–water partition coefficient (Wildman–Crippen LogP) is 4.09. The van der Waals surface area contributed by atoms with Gasteiger partial charge in [-0.05, 0) is 29.5 Å². The van der Waals surface area contributed by atoms with Crippen molar-refractivity contribution >= 4 is 11.7 Å². The van der Waals surface area contributed by atoms with Crippen LogP contribution in [0.3, 0.4) is 0 Å². The standard InChI is InChI=1S/C20H17F3N4O/c21-20(22,23)17-9-5-4-8-14(17)15-10-16(15)19(28)24-18-12-27(26-25-18)11-13-6-2-1-3-7-13/h1-9,12,15-16H,10-11H2,(H,24,28). The van der Waals surface area contributed by atoms with Gasteiger partial charge < -0.3 is 5.32 Å². The van der Waals surface area contributed by atoms with E-state index in [9.17, 15) is 18.0 Å². The second-order valence-electron chi connectivity index (χ2n) is 6.81. The molecule has 2 unspecified atom stereocenters. The van der Waals surface area contributed by atoms with E-state index in [2.05, 4.69) is 15.6 Å². The van der Waals surface area contributed by atoms with E-state index in [0.717, 1.165) is 11.6 Å². The van der Waals surface area contributed by atoms with Crippen molar-refractivity contribution < 1.29 is 18.0 Å². The molecule has 1 aromatic heterocycles. The van der Waals surface area contributed by atoms with Gasteiger partial charge in [0.05, 0.1) is 18.3 Å². The Morgan fingerprint density at radius 2 is 1.82 bits per heavy atom. The summed E-state index contributed by atoms with van der Waals surface area (Å²) in [5.41, 5.74) is 0.531. The van der Waals surface area contributed by atoms with E-state index < -0.39 is 23.6 Å². The van der Waals surface area contributed by atoms with Crippen LogP contribution in [0.15, 0.2) is 60.8 Å². The fourth-order valence-electron chi connectivity index (χ4n) is 3.33. The summed E-state index contributed by atoms with van der Waals surface area (Å²) in [6, 6.07) is 15.1. The number of anilines is 1. The van der Waals surface area contributed by atoms with E-state index in [1.807, 2.05) is 30.3 Å². The Morgan fingerprint density at radius 3 is 2.57 bits per heavy atom. The van der Waals surface area contributed by atoms with Gasteiger partial charge in [-0.25, -0.2) is 4.68 Å². The summed E-state index contributed by atoms with van der Waals surface area (Å²) < 4.78 is 41.1. The summed E-state index contributed by atoms with van der Waals surface area (Å²) in [5, 5.41) is 10.5. The number of nitrogens with one attached hydrogen (secondary N) is 1. The number of amides is 1. The van der Waals surface area contributed by atoms with E-state index >= 15 is 0 Å². The van der Waals surface area contributed by atoms with Gasteiger partial charge >= 0.3 is 6.18 Å². The minimum atomic E-state index is -4.43. The average molecular weight is 386 g/mol. The fraction of sp³-hybridized carbons (Fsp3) is 0.250. The van der Waals surface area contributed by atoms with E-state index in [0.29, 0.717) is 13.0 Å². The Bertz CT molecular complexity index is 984. The van der Waals surface area contributed by atoms with Crippen LogP contribution >= 0.6 is 0 Å². The molecular formula is C20H17F3N4O.